The van der Waals surface area contributed by atoms with E-state index in [2.05, 4.69) is 57.2 Å². The average Bonchev–Trinajstić information content (AvgIpc) is 2.73. The van der Waals surface area contributed by atoms with Gasteiger partial charge < -0.3 is 4.28 Å². The summed E-state index contributed by atoms with van der Waals surface area (Å²) in [5, 5.41) is 0. The molecule has 2 aliphatic carbocycles. The van der Waals surface area contributed by atoms with Crippen molar-refractivity contribution in [1.29, 1.82) is 0 Å². The van der Waals surface area contributed by atoms with E-state index in [1.165, 1.54) is 17.1 Å². The summed E-state index contributed by atoms with van der Waals surface area (Å²) < 4.78 is 0. The molecule has 0 bridgehead atoms. The van der Waals surface area contributed by atoms with E-state index in [0.717, 1.165) is 12.8 Å². The van der Waals surface area contributed by atoms with Crippen LogP contribution in [0.4, 0.5) is 0 Å². The van der Waals surface area contributed by atoms with Crippen molar-refractivity contribution < 1.29 is 30.5 Å². The van der Waals surface area contributed by atoms with Crippen LogP contribution in [0.5, 0.6) is 0 Å². The van der Waals surface area contributed by atoms with Crippen molar-refractivity contribution in [3.8, 4) is 0 Å². The van der Waals surface area contributed by atoms with Crippen LogP contribution >= 0.6 is 0 Å². The molecule has 0 aromatic carbocycles. The number of hydrogen-bond donors (Lipinski definition) is 0. The summed E-state index contributed by atoms with van der Waals surface area (Å²) >= 11 is 0. The zero-order valence-corrected chi connectivity index (χ0v) is 12.8. The fraction of sp³-hybridized carbons (Fsp3) is 0.400. The molecule has 86 valence electrons. The first kappa shape index (κ1) is 13.8. The summed E-state index contributed by atoms with van der Waals surface area (Å²) in [6.07, 6.45) is 15.6. The number of allylic oxidation sites excluding steroid dienone is 8. The Kier molecular flexibility index (Phi) is 4.62. The molecule has 0 saturated carbocycles. The van der Waals surface area contributed by atoms with Gasteiger partial charge in [0, 0.05) is 0 Å². The first-order chi connectivity index (χ1) is 7.09. The van der Waals surface area contributed by atoms with Crippen LogP contribution in [0.15, 0.2) is 47.6 Å². The zero-order valence-electron chi connectivity index (χ0n) is 13.4. The van der Waals surface area contributed by atoms with Gasteiger partial charge in [-0.25, -0.2) is 0 Å². The van der Waals surface area contributed by atoms with Crippen LogP contribution in [0.25, 0.3) is 0 Å². The Labute approximate surface area is 123 Å². The van der Waals surface area contributed by atoms with Crippen molar-refractivity contribution in [2.45, 2.75) is 33.6 Å². The first-order valence-corrected chi connectivity index (χ1v) is 5.68. The van der Waals surface area contributed by atoms with Gasteiger partial charge in [-0.05, 0) is 12.8 Å². The summed E-state index contributed by atoms with van der Waals surface area (Å²) in [6, 6.07) is 0. The molecule has 0 amide bonds. The Bertz CT molecular complexity index is 343. The second-order valence-corrected chi connectivity index (χ2v) is 5.27. The van der Waals surface area contributed by atoms with Gasteiger partial charge in [-0.15, -0.1) is 29.2 Å². The topological polar surface area (TPSA) is 0 Å². The molecular formula is C15H22Zr. The Morgan fingerprint density at radius 2 is 1.44 bits per heavy atom. The SMILES string of the molecule is CC(C)(C)[C-](C1=CC=CC1)C1=CC=CC1.[H-].[H-].[H-].[Zr+4]. The smallest absolute Gasteiger partial charge is 1.00 e. The first-order valence-electron chi connectivity index (χ1n) is 5.68. The van der Waals surface area contributed by atoms with Gasteiger partial charge >= 0.3 is 26.2 Å². The van der Waals surface area contributed by atoms with Crippen LogP contribution in [0.1, 0.15) is 37.9 Å². The maximum absolute atomic E-state index is 2.31. The summed E-state index contributed by atoms with van der Waals surface area (Å²) in [5.74, 6) is 1.54. The second-order valence-electron chi connectivity index (χ2n) is 5.27. The molecule has 0 N–H and O–H groups in total. The van der Waals surface area contributed by atoms with Crippen LogP contribution in [0.3, 0.4) is 0 Å². The molecular weight excluding hydrogens is 271 g/mol. The molecule has 16 heavy (non-hydrogen) atoms. The van der Waals surface area contributed by atoms with Crippen molar-refractivity contribution >= 4 is 0 Å². The molecule has 0 aromatic heterocycles. The molecule has 0 aromatic rings. The minimum absolute atomic E-state index is 0. The fourth-order valence-corrected chi connectivity index (χ4v) is 2.43. The van der Waals surface area contributed by atoms with Gasteiger partial charge in [-0.1, -0.05) is 38.3 Å². The van der Waals surface area contributed by atoms with E-state index in [4.69, 9.17) is 0 Å². The Balaban J connectivity index is -0.000000640. The van der Waals surface area contributed by atoms with Crippen molar-refractivity contribution in [2.24, 2.45) is 5.41 Å². The van der Waals surface area contributed by atoms with E-state index in [9.17, 15) is 0 Å². The molecule has 1 heteroatoms. The molecule has 0 unspecified atom stereocenters. The third-order valence-electron chi connectivity index (χ3n) is 2.93. The third kappa shape index (κ3) is 2.89. The van der Waals surface area contributed by atoms with Crippen molar-refractivity contribution in [1.82, 2.24) is 0 Å². The fourth-order valence-electron chi connectivity index (χ4n) is 2.43. The largest absolute Gasteiger partial charge is 4.00 e. The Morgan fingerprint density at radius 3 is 1.69 bits per heavy atom. The molecule has 2 rings (SSSR count). The molecule has 0 nitrogen and oxygen atoms in total. The second kappa shape index (κ2) is 5.36. The van der Waals surface area contributed by atoms with Crippen molar-refractivity contribution in [3.63, 3.8) is 0 Å². The number of rotatable bonds is 2. The van der Waals surface area contributed by atoms with Crippen LogP contribution < -0.4 is 0 Å². The van der Waals surface area contributed by atoms with Crippen LogP contribution in [0, 0.1) is 11.3 Å². The van der Waals surface area contributed by atoms with E-state index < -0.39 is 0 Å². The Morgan fingerprint density at radius 1 is 1.00 bits per heavy atom. The van der Waals surface area contributed by atoms with Crippen LogP contribution in [-0.2, 0) is 26.2 Å². The van der Waals surface area contributed by atoms with Gasteiger partial charge in [0.25, 0.3) is 0 Å². The third-order valence-corrected chi connectivity index (χ3v) is 2.93. The maximum atomic E-state index is 2.31. The van der Waals surface area contributed by atoms with Crippen molar-refractivity contribution in [2.75, 3.05) is 0 Å². The van der Waals surface area contributed by atoms with Crippen LogP contribution in [0.2, 0.25) is 0 Å². The predicted molar refractivity (Wildman–Crippen MR) is 69.7 cm³/mol. The zero-order chi connectivity index (χ0) is 10.9. The van der Waals surface area contributed by atoms with E-state index in [1.807, 2.05) is 0 Å². The van der Waals surface area contributed by atoms with E-state index in [-0.39, 0.29) is 35.9 Å². The molecule has 0 aliphatic heterocycles. The van der Waals surface area contributed by atoms with Crippen molar-refractivity contribution in [3.05, 3.63) is 53.5 Å². The standard InChI is InChI=1S/C15H19.Zr.3H/c1-15(2,3)14(12-8-4-5-9-12)13-10-6-7-11-13;;;;/h4-8,10H,9,11H2,1-3H3;;;;/q-1;+4;3*-1. The van der Waals surface area contributed by atoms with Gasteiger partial charge in [-0.2, -0.15) is 12.2 Å². The number of hydrogen-bond acceptors (Lipinski definition) is 0. The van der Waals surface area contributed by atoms with Gasteiger partial charge in [-0.3, -0.25) is 0 Å². The quantitative estimate of drug-likeness (QED) is 0.647. The predicted octanol–water partition coefficient (Wildman–Crippen LogP) is 4.71. The molecule has 0 radical (unpaired) electrons. The Hall–Kier alpha value is -0.287. The monoisotopic (exact) mass is 292 g/mol. The summed E-state index contributed by atoms with van der Waals surface area (Å²) in [4.78, 5) is 0. The minimum Gasteiger partial charge on any atom is -1.00 e. The molecule has 0 fully saturated rings. The van der Waals surface area contributed by atoms with Gasteiger partial charge in [0.05, 0.1) is 0 Å². The molecule has 0 atom stereocenters. The van der Waals surface area contributed by atoms with Crippen LogP contribution in [-0.4, -0.2) is 0 Å². The van der Waals surface area contributed by atoms with Gasteiger partial charge in [0.2, 0.25) is 0 Å². The van der Waals surface area contributed by atoms with E-state index in [0.29, 0.717) is 0 Å². The molecule has 0 heterocycles. The molecule has 0 spiro atoms. The normalized spacial score (nSPS) is 18.2. The van der Waals surface area contributed by atoms with E-state index in [1.54, 1.807) is 0 Å². The molecule has 2 aliphatic rings. The molecule has 0 saturated heterocycles. The summed E-state index contributed by atoms with van der Waals surface area (Å²) in [6.45, 7) is 6.92. The summed E-state index contributed by atoms with van der Waals surface area (Å²) in [7, 11) is 0. The average molecular weight is 294 g/mol. The van der Waals surface area contributed by atoms with Gasteiger partial charge in [0.1, 0.15) is 0 Å². The summed E-state index contributed by atoms with van der Waals surface area (Å²) in [5.41, 5.74) is 3.24. The van der Waals surface area contributed by atoms with E-state index >= 15 is 0 Å². The maximum Gasteiger partial charge on any atom is 4.00 e. The minimum atomic E-state index is 0. The van der Waals surface area contributed by atoms with Gasteiger partial charge in [0.15, 0.2) is 0 Å².